The third kappa shape index (κ3) is 2.78. The summed E-state index contributed by atoms with van der Waals surface area (Å²) in [4.78, 5) is 14.3. The van der Waals surface area contributed by atoms with E-state index in [2.05, 4.69) is 39.0 Å². The number of nitrogens with zero attached hydrogens (tertiary/aromatic N) is 6. The lowest BCUT2D eigenvalue weighted by atomic mass is 10.1. The van der Waals surface area contributed by atoms with E-state index in [0.29, 0.717) is 29.8 Å². The van der Waals surface area contributed by atoms with E-state index in [-0.39, 0.29) is 12.1 Å². The van der Waals surface area contributed by atoms with Crippen molar-refractivity contribution in [3.8, 4) is 0 Å². The highest BCUT2D eigenvalue weighted by molar-refractivity contribution is 6.33. The van der Waals surface area contributed by atoms with Crippen LogP contribution in [0.25, 0.3) is 0 Å². The van der Waals surface area contributed by atoms with E-state index in [4.69, 9.17) is 11.6 Å². The van der Waals surface area contributed by atoms with Crippen LogP contribution in [0.4, 0.5) is 10.6 Å². The van der Waals surface area contributed by atoms with Gasteiger partial charge in [-0.15, -0.1) is 10.2 Å². The third-order valence-corrected chi connectivity index (χ3v) is 4.28. The van der Waals surface area contributed by atoms with Crippen LogP contribution in [0.2, 0.25) is 5.02 Å². The molecule has 0 aromatic carbocycles. The number of halogens is 1. The Labute approximate surface area is 139 Å². The lowest BCUT2D eigenvalue weighted by Crippen LogP contribution is -2.43. The molecule has 8 nitrogen and oxygen atoms in total. The minimum absolute atomic E-state index is 0.161. The van der Waals surface area contributed by atoms with Gasteiger partial charge in [0.15, 0.2) is 11.6 Å². The molecule has 23 heavy (non-hydrogen) atoms. The molecule has 124 valence electrons. The van der Waals surface area contributed by atoms with Gasteiger partial charge in [-0.05, 0) is 6.92 Å². The van der Waals surface area contributed by atoms with Crippen molar-refractivity contribution in [3.63, 3.8) is 0 Å². The van der Waals surface area contributed by atoms with Gasteiger partial charge in [0, 0.05) is 32.3 Å². The number of carbonyl (C=O) groups excluding carboxylic acids is 1. The molecule has 1 atom stereocenters. The van der Waals surface area contributed by atoms with E-state index in [0.717, 1.165) is 11.6 Å². The average Bonchev–Trinajstić information content (AvgIpc) is 3.03. The molecule has 9 heteroatoms. The summed E-state index contributed by atoms with van der Waals surface area (Å²) >= 11 is 6.04. The summed E-state index contributed by atoms with van der Waals surface area (Å²) in [5, 5.41) is 15.8. The Balaban J connectivity index is 1.79. The molecule has 3 rings (SSSR count). The SMILES string of the molecule is CC(C)c1nnc2n1CCN(C(=O)Nc1nn(C)cc1Cl)C2C. The molecule has 2 amide bonds. The molecule has 1 N–H and O–H groups in total. The van der Waals surface area contributed by atoms with Crippen LogP contribution in [0.15, 0.2) is 6.20 Å². The summed E-state index contributed by atoms with van der Waals surface area (Å²) in [7, 11) is 1.75. The number of fused-ring (bicyclic) bond motifs is 1. The van der Waals surface area contributed by atoms with Crippen molar-refractivity contribution in [3.05, 3.63) is 22.9 Å². The summed E-state index contributed by atoms with van der Waals surface area (Å²) in [6.07, 6.45) is 1.64. The van der Waals surface area contributed by atoms with Crippen LogP contribution < -0.4 is 5.32 Å². The highest BCUT2D eigenvalue weighted by atomic mass is 35.5. The molecule has 0 spiro atoms. The molecule has 3 heterocycles. The highest BCUT2D eigenvalue weighted by Crippen LogP contribution is 2.28. The van der Waals surface area contributed by atoms with Crippen LogP contribution in [-0.4, -0.2) is 42.0 Å². The van der Waals surface area contributed by atoms with Crippen LogP contribution in [0.1, 0.15) is 44.4 Å². The number of urea groups is 1. The summed E-state index contributed by atoms with van der Waals surface area (Å²) in [5.74, 6) is 2.43. The maximum absolute atomic E-state index is 12.5. The summed E-state index contributed by atoms with van der Waals surface area (Å²) < 4.78 is 3.66. The Morgan fingerprint density at radius 2 is 2.13 bits per heavy atom. The van der Waals surface area contributed by atoms with Gasteiger partial charge >= 0.3 is 6.03 Å². The minimum Gasteiger partial charge on any atom is -0.313 e. The molecule has 0 radical (unpaired) electrons. The van der Waals surface area contributed by atoms with Gasteiger partial charge in [0.05, 0.1) is 6.04 Å². The fourth-order valence-corrected chi connectivity index (χ4v) is 3.05. The van der Waals surface area contributed by atoms with Gasteiger partial charge in [-0.2, -0.15) is 5.10 Å². The topological polar surface area (TPSA) is 80.9 Å². The first-order valence-corrected chi connectivity index (χ1v) is 7.96. The van der Waals surface area contributed by atoms with Gasteiger partial charge in [0.1, 0.15) is 10.8 Å². The van der Waals surface area contributed by atoms with Crippen LogP contribution in [0.5, 0.6) is 0 Å². The molecular formula is C14H20ClN7O. The van der Waals surface area contributed by atoms with Gasteiger partial charge in [-0.3, -0.25) is 10.00 Å². The summed E-state index contributed by atoms with van der Waals surface area (Å²) in [5.41, 5.74) is 0. The van der Waals surface area contributed by atoms with E-state index in [1.807, 2.05) is 6.92 Å². The Morgan fingerprint density at radius 1 is 1.39 bits per heavy atom. The fraction of sp³-hybridized carbons (Fsp3) is 0.571. The molecule has 2 aromatic heterocycles. The van der Waals surface area contributed by atoms with Crippen molar-refractivity contribution in [1.29, 1.82) is 0 Å². The fourth-order valence-electron chi connectivity index (χ4n) is 2.83. The lowest BCUT2D eigenvalue weighted by molar-refractivity contribution is 0.171. The normalized spacial score (nSPS) is 17.5. The molecule has 1 unspecified atom stereocenters. The Kier molecular flexibility index (Phi) is 4.01. The predicted molar refractivity (Wildman–Crippen MR) is 86.5 cm³/mol. The molecule has 2 aromatic rings. The number of carbonyl (C=O) groups is 1. The Morgan fingerprint density at radius 3 is 2.74 bits per heavy atom. The maximum Gasteiger partial charge on any atom is 0.323 e. The zero-order valence-corrected chi connectivity index (χ0v) is 14.4. The van der Waals surface area contributed by atoms with Crippen LogP contribution in [0.3, 0.4) is 0 Å². The molecule has 0 saturated heterocycles. The van der Waals surface area contributed by atoms with Gasteiger partial charge in [-0.25, -0.2) is 4.79 Å². The second kappa shape index (κ2) is 5.84. The quantitative estimate of drug-likeness (QED) is 0.912. The standard InChI is InChI=1S/C14H20ClN7O/c1-8(2)12-17-18-13-9(3)21(5-6-22(12)13)14(23)16-11-10(15)7-20(4)19-11/h7-9H,5-6H2,1-4H3,(H,16,19,23). The molecule has 0 aliphatic carbocycles. The van der Waals surface area contributed by atoms with E-state index < -0.39 is 0 Å². The van der Waals surface area contributed by atoms with Gasteiger partial charge in [-0.1, -0.05) is 25.4 Å². The van der Waals surface area contributed by atoms with Gasteiger partial charge < -0.3 is 9.47 Å². The van der Waals surface area contributed by atoms with Crippen molar-refractivity contribution in [2.45, 2.75) is 39.3 Å². The zero-order chi connectivity index (χ0) is 16.7. The van der Waals surface area contributed by atoms with E-state index in [1.165, 1.54) is 0 Å². The number of rotatable bonds is 2. The largest absolute Gasteiger partial charge is 0.323 e. The van der Waals surface area contributed by atoms with E-state index in [1.54, 1.807) is 22.8 Å². The molecule has 0 fully saturated rings. The third-order valence-electron chi connectivity index (χ3n) is 4.00. The second-order valence-corrected chi connectivity index (χ2v) is 6.43. The van der Waals surface area contributed by atoms with Crippen LogP contribution in [0, 0.1) is 0 Å². The summed E-state index contributed by atoms with van der Waals surface area (Å²) in [6, 6.07) is -0.398. The first-order chi connectivity index (χ1) is 10.9. The number of aromatic nitrogens is 5. The van der Waals surface area contributed by atoms with Crippen molar-refractivity contribution < 1.29 is 4.79 Å². The molecule has 0 bridgehead atoms. The van der Waals surface area contributed by atoms with Gasteiger partial charge in [0.25, 0.3) is 0 Å². The smallest absolute Gasteiger partial charge is 0.313 e. The van der Waals surface area contributed by atoms with Crippen molar-refractivity contribution in [2.75, 3.05) is 11.9 Å². The van der Waals surface area contributed by atoms with Gasteiger partial charge in [0.2, 0.25) is 0 Å². The molecular weight excluding hydrogens is 318 g/mol. The van der Waals surface area contributed by atoms with Crippen molar-refractivity contribution >= 4 is 23.4 Å². The monoisotopic (exact) mass is 337 g/mol. The van der Waals surface area contributed by atoms with Crippen LogP contribution in [-0.2, 0) is 13.6 Å². The number of aryl methyl sites for hydroxylation is 1. The minimum atomic E-state index is -0.238. The number of hydrogen-bond acceptors (Lipinski definition) is 4. The zero-order valence-electron chi connectivity index (χ0n) is 13.6. The number of anilines is 1. The predicted octanol–water partition coefficient (Wildman–Crippen LogP) is 2.40. The number of nitrogens with one attached hydrogen (secondary N) is 1. The average molecular weight is 338 g/mol. The van der Waals surface area contributed by atoms with Crippen LogP contribution >= 0.6 is 11.6 Å². The Hall–Kier alpha value is -2.09. The number of hydrogen-bond donors (Lipinski definition) is 1. The van der Waals surface area contributed by atoms with E-state index >= 15 is 0 Å². The molecule has 0 saturated carbocycles. The summed E-state index contributed by atoms with van der Waals surface area (Å²) in [6.45, 7) is 7.39. The molecule has 1 aliphatic heterocycles. The molecule has 1 aliphatic rings. The van der Waals surface area contributed by atoms with Crippen molar-refractivity contribution in [2.24, 2.45) is 7.05 Å². The van der Waals surface area contributed by atoms with Crippen molar-refractivity contribution in [1.82, 2.24) is 29.4 Å². The maximum atomic E-state index is 12.5. The first kappa shape index (κ1) is 15.8. The first-order valence-electron chi connectivity index (χ1n) is 7.58. The number of amides is 2. The highest BCUT2D eigenvalue weighted by Gasteiger charge is 2.32. The Bertz CT molecular complexity index is 736. The van der Waals surface area contributed by atoms with E-state index in [9.17, 15) is 4.79 Å². The second-order valence-electron chi connectivity index (χ2n) is 6.02. The lowest BCUT2D eigenvalue weighted by Gasteiger charge is -2.33.